The summed E-state index contributed by atoms with van der Waals surface area (Å²) in [6, 6.07) is 61.3. The van der Waals surface area contributed by atoms with E-state index in [0.717, 1.165) is 62.0 Å². The van der Waals surface area contributed by atoms with Gasteiger partial charge in [-0.25, -0.2) is 9.97 Å². The van der Waals surface area contributed by atoms with Crippen LogP contribution in [0, 0.1) is 0 Å². The lowest BCUT2D eigenvalue weighted by Crippen LogP contribution is -2.23. The number of aromatic nitrogens is 3. The predicted octanol–water partition coefficient (Wildman–Crippen LogP) is 10.7. The standard InChI is InChI=1S/C43H31N5/c1-3-18-34(19-4-1)47-40-26-9-7-22-38(40)45-42(47)32-16-11-14-30(28-32)36-24-13-25-37(44-36)31-15-12-17-33(29-31)43-46-39-23-8-10-27-41(39)48(43)35-20-5-2-6-21-35/h1-29,42,45H. The van der Waals surface area contributed by atoms with Gasteiger partial charge in [0.05, 0.1) is 33.8 Å². The molecule has 0 amide bonds. The number of anilines is 3. The number of pyridine rings is 1. The molecule has 228 valence electrons. The maximum absolute atomic E-state index is 5.19. The highest BCUT2D eigenvalue weighted by molar-refractivity contribution is 5.85. The van der Waals surface area contributed by atoms with Gasteiger partial charge in [-0.15, -0.1) is 0 Å². The first-order chi connectivity index (χ1) is 23.8. The molecule has 0 saturated heterocycles. The van der Waals surface area contributed by atoms with Gasteiger partial charge >= 0.3 is 0 Å². The second kappa shape index (κ2) is 11.7. The van der Waals surface area contributed by atoms with Crippen molar-refractivity contribution in [2.75, 3.05) is 10.2 Å². The second-order valence-corrected chi connectivity index (χ2v) is 12.0. The number of hydrogen-bond donors (Lipinski definition) is 1. The van der Waals surface area contributed by atoms with Crippen LogP contribution in [-0.2, 0) is 0 Å². The average molecular weight is 618 g/mol. The summed E-state index contributed by atoms with van der Waals surface area (Å²) in [7, 11) is 0. The number of para-hydroxylation sites is 6. The minimum Gasteiger partial charge on any atom is -0.359 e. The summed E-state index contributed by atoms with van der Waals surface area (Å²) in [6.45, 7) is 0. The number of imidazole rings is 1. The van der Waals surface area contributed by atoms with Crippen LogP contribution < -0.4 is 10.2 Å². The Balaban J connectivity index is 1.08. The molecule has 5 heteroatoms. The first-order valence-corrected chi connectivity index (χ1v) is 16.2. The number of hydrogen-bond acceptors (Lipinski definition) is 4. The van der Waals surface area contributed by atoms with Crippen LogP contribution in [0.5, 0.6) is 0 Å². The number of nitrogens with one attached hydrogen (secondary N) is 1. The lowest BCUT2D eigenvalue weighted by Gasteiger charge is -2.27. The smallest absolute Gasteiger partial charge is 0.145 e. The Morgan fingerprint density at radius 3 is 1.92 bits per heavy atom. The largest absolute Gasteiger partial charge is 0.359 e. The molecule has 1 aliphatic rings. The van der Waals surface area contributed by atoms with Gasteiger partial charge in [0, 0.05) is 28.1 Å². The minimum atomic E-state index is -0.0477. The zero-order valence-corrected chi connectivity index (χ0v) is 26.1. The fourth-order valence-electron chi connectivity index (χ4n) is 6.77. The summed E-state index contributed by atoms with van der Waals surface area (Å²) >= 11 is 0. The van der Waals surface area contributed by atoms with Gasteiger partial charge in [0.2, 0.25) is 0 Å². The fourth-order valence-corrected chi connectivity index (χ4v) is 6.77. The molecule has 6 aromatic carbocycles. The van der Waals surface area contributed by atoms with Crippen molar-refractivity contribution in [2.45, 2.75) is 6.17 Å². The molecular formula is C43H31N5. The molecule has 2 aromatic heterocycles. The molecule has 0 aliphatic carbocycles. The van der Waals surface area contributed by atoms with Gasteiger partial charge in [0.25, 0.3) is 0 Å². The van der Waals surface area contributed by atoms with E-state index in [1.807, 2.05) is 12.1 Å². The van der Waals surface area contributed by atoms with E-state index in [0.29, 0.717) is 0 Å². The monoisotopic (exact) mass is 617 g/mol. The van der Waals surface area contributed by atoms with E-state index in [4.69, 9.17) is 9.97 Å². The third kappa shape index (κ3) is 4.89. The van der Waals surface area contributed by atoms with Gasteiger partial charge in [-0.1, -0.05) is 103 Å². The van der Waals surface area contributed by atoms with Crippen LogP contribution in [0.2, 0.25) is 0 Å². The Labute approximate surface area is 279 Å². The van der Waals surface area contributed by atoms with Gasteiger partial charge < -0.3 is 10.2 Å². The van der Waals surface area contributed by atoms with Crippen molar-refractivity contribution in [1.82, 2.24) is 14.5 Å². The van der Waals surface area contributed by atoms with Crippen LogP contribution in [0.1, 0.15) is 11.7 Å². The highest BCUT2D eigenvalue weighted by atomic mass is 15.3. The molecule has 5 nitrogen and oxygen atoms in total. The molecular weight excluding hydrogens is 587 g/mol. The molecule has 1 aliphatic heterocycles. The fraction of sp³-hybridized carbons (Fsp3) is 0.0233. The summed E-state index contributed by atoms with van der Waals surface area (Å²) in [6.07, 6.45) is -0.0477. The number of nitrogens with zero attached hydrogens (tertiary/aromatic N) is 4. The van der Waals surface area contributed by atoms with Crippen molar-refractivity contribution in [2.24, 2.45) is 0 Å². The lowest BCUT2D eigenvalue weighted by molar-refractivity contribution is 0.828. The molecule has 48 heavy (non-hydrogen) atoms. The van der Waals surface area contributed by atoms with Gasteiger partial charge in [-0.3, -0.25) is 4.57 Å². The number of rotatable bonds is 6. The highest BCUT2D eigenvalue weighted by Crippen LogP contribution is 2.46. The summed E-state index contributed by atoms with van der Waals surface area (Å²) in [5.74, 6) is 0.904. The molecule has 9 rings (SSSR count). The molecule has 0 bridgehead atoms. The Morgan fingerprint density at radius 1 is 0.479 bits per heavy atom. The van der Waals surface area contributed by atoms with E-state index < -0.39 is 0 Å². The van der Waals surface area contributed by atoms with Crippen LogP contribution in [0.4, 0.5) is 17.1 Å². The predicted molar refractivity (Wildman–Crippen MR) is 197 cm³/mol. The molecule has 0 radical (unpaired) electrons. The van der Waals surface area contributed by atoms with Crippen molar-refractivity contribution < 1.29 is 0 Å². The van der Waals surface area contributed by atoms with Gasteiger partial charge in [0.15, 0.2) is 0 Å². The quantitative estimate of drug-likeness (QED) is 0.202. The molecule has 1 N–H and O–H groups in total. The SMILES string of the molecule is c1ccc(N2c3ccccc3NC2c2cccc(-c3cccc(-c4cccc(-c5nc6ccccc6n5-c5ccccc5)c4)n3)c2)cc1. The van der Waals surface area contributed by atoms with Gasteiger partial charge in [0.1, 0.15) is 12.0 Å². The maximum atomic E-state index is 5.19. The van der Waals surface area contributed by atoms with E-state index in [2.05, 4.69) is 179 Å². The molecule has 0 fully saturated rings. The Bertz CT molecular complexity index is 2400. The molecule has 1 unspecified atom stereocenters. The summed E-state index contributed by atoms with van der Waals surface area (Å²) < 4.78 is 2.23. The summed E-state index contributed by atoms with van der Waals surface area (Å²) in [5, 5.41) is 3.76. The molecule has 1 atom stereocenters. The minimum absolute atomic E-state index is 0.0477. The number of benzene rings is 6. The normalized spacial score (nSPS) is 13.8. The lowest BCUT2D eigenvalue weighted by atomic mass is 10.0. The topological polar surface area (TPSA) is 46.0 Å². The molecule has 3 heterocycles. The van der Waals surface area contributed by atoms with Gasteiger partial charge in [-0.05, 0) is 78.4 Å². The molecule has 0 saturated carbocycles. The first-order valence-electron chi connectivity index (χ1n) is 16.2. The van der Waals surface area contributed by atoms with E-state index in [1.54, 1.807) is 0 Å². The van der Waals surface area contributed by atoms with Crippen molar-refractivity contribution in [3.63, 3.8) is 0 Å². The van der Waals surface area contributed by atoms with E-state index in [9.17, 15) is 0 Å². The van der Waals surface area contributed by atoms with Crippen LogP contribution >= 0.6 is 0 Å². The van der Waals surface area contributed by atoms with Crippen molar-refractivity contribution >= 4 is 28.1 Å². The average Bonchev–Trinajstić information content (AvgIpc) is 3.75. The number of fused-ring (bicyclic) bond motifs is 2. The summed E-state index contributed by atoms with van der Waals surface area (Å²) in [5.41, 5.74) is 12.7. The second-order valence-electron chi connectivity index (χ2n) is 12.0. The van der Waals surface area contributed by atoms with Crippen LogP contribution in [0.25, 0.3) is 50.6 Å². The van der Waals surface area contributed by atoms with Crippen molar-refractivity contribution in [3.8, 4) is 39.6 Å². The first kappa shape index (κ1) is 27.8. The van der Waals surface area contributed by atoms with E-state index >= 15 is 0 Å². The van der Waals surface area contributed by atoms with Crippen molar-refractivity contribution in [1.29, 1.82) is 0 Å². The third-order valence-electron chi connectivity index (χ3n) is 8.99. The zero-order chi connectivity index (χ0) is 31.9. The Hall–Kier alpha value is -6.46. The van der Waals surface area contributed by atoms with E-state index in [1.165, 1.54) is 11.3 Å². The Morgan fingerprint density at radius 2 is 1.10 bits per heavy atom. The van der Waals surface area contributed by atoms with Crippen LogP contribution in [-0.4, -0.2) is 14.5 Å². The van der Waals surface area contributed by atoms with Crippen molar-refractivity contribution in [3.05, 3.63) is 181 Å². The maximum Gasteiger partial charge on any atom is 0.145 e. The summed E-state index contributed by atoms with van der Waals surface area (Å²) in [4.78, 5) is 12.6. The molecule has 0 spiro atoms. The Kier molecular flexibility index (Phi) is 6.79. The zero-order valence-electron chi connectivity index (χ0n) is 26.1. The van der Waals surface area contributed by atoms with E-state index in [-0.39, 0.29) is 6.17 Å². The molecule has 8 aromatic rings. The highest BCUT2D eigenvalue weighted by Gasteiger charge is 2.31. The van der Waals surface area contributed by atoms with Crippen LogP contribution in [0.3, 0.4) is 0 Å². The van der Waals surface area contributed by atoms with Gasteiger partial charge in [-0.2, -0.15) is 0 Å². The third-order valence-corrected chi connectivity index (χ3v) is 8.99. The van der Waals surface area contributed by atoms with Crippen LogP contribution in [0.15, 0.2) is 176 Å².